The van der Waals surface area contributed by atoms with Gasteiger partial charge in [-0.2, -0.15) is 5.10 Å². The van der Waals surface area contributed by atoms with Gasteiger partial charge in [0, 0.05) is 42.6 Å². The van der Waals surface area contributed by atoms with Crippen molar-refractivity contribution in [2.24, 2.45) is 0 Å². The van der Waals surface area contributed by atoms with Crippen molar-refractivity contribution < 1.29 is 40.3 Å². The van der Waals surface area contributed by atoms with Crippen LogP contribution in [0.3, 0.4) is 0 Å². The van der Waals surface area contributed by atoms with Crippen LogP contribution in [0.4, 0.5) is 30.7 Å². The number of carbonyl (C=O) groups excluding carboxylic acids is 2. The van der Waals surface area contributed by atoms with Crippen LogP contribution in [0.1, 0.15) is 51.0 Å². The first-order chi connectivity index (χ1) is 20.8. The van der Waals surface area contributed by atoms with Gasteiger partial charge in [0.25, 0.3) is 18.3 Å². The second kappa shape index (κ2) is 12.1. The Balaban J connectivity index is 1.52. The van der Waals surface area contributed by atoms with Crippen molar-refractivity contribution in [2.75, 3.05) is 7.05 Å². The number of rotatable bonds is 9. The Morgan fingerprint density at radius 1 is 1.00 bits per heavy atom. The highest BCUT2D eigenvalue weighted by atomic mass is 19.3. The van der Waals surface area contributed by atoms with Crippen LogP contribution >= 0.6 is 0 Å². The van der Waals surface area contributed by atoms with Crippen LogP contribution in [0.5, 0.6) is 0 Å². The molecule has 2 amide bonds. The molecule has 1 atom stereocenters. The molecular formula is C30H24F7N5O2. The lowest BCUT2D eigenvalue weighted by Gasteiger charge is -2.22. The first-order valence-corrected chi connectivity index (χ1v) is 13.3. The van der Waals surface area contributed by atoms with E-state index in [1.165, 1.54) is 25.4 Å². The van der Waals surface area contributed by atoms with Gasteiger partial charge in [0.2, 0.25) is 5.91 Å². The fourth-order valence-electron chi connectivity index (χ4n) is 5.31. The molecule has 44 heavy (non-hydrogen) atoms. The van der Waals surface area contributed by atoms with E-state index in [0.717, 1.165) is 22.9 Å². The van der Waals surface area contributed by atoms with Gasteiger partial charge < -0.3 is 10.6 Å². The Bertz CT molecular complexity index is 1720. The van der Waals surface area contributed by atoms with Crippen molar-refractivity contribution >= 4 is 11.8 Å². The number of amides is 2. The lowest BCUT2D eigenvalue weighted by Crippen LogP contribution is -2.34. The quantitative estimate of drug-likeness (QED) is 0.243. The van der Waals surface area contributed by atoms with Gasteiger partial charge in [-0.15, -0.1) is 0 Å². The SMILES string of the molecule is CNC(=O)c1cc(-c2cccnc2[C@H](Cc2cc(F)cc(F)c2)NC(=O)Cn2nc(C(F)F)c3c2CC(F)(F)C3)ccc1F. The molecule has 2 heterocycles. The Labute approximate surface area is 246 Å². The number of hydrogen-bond donors (Lipinski definition) is 2. The van der Waals surface area contributed by atoms with Gasteiger partial charge >= 0.3 is 0 Å². The van der Waals surface area contributed by atoms with E-state index in [-0.39, 0.29) is 34.5 Å². The van der Waals surface area contributed by atoms with Gasteiger partial charge in [-0.25, -0.2) is 30.7 Å². The van der Waals surface area contributed by atoms with E-state index in [1.54, 1.807) is 12.1 Å². The monoisotopic (exact) mass is 619 g/mol. The van der Waals surface area contributed by atoms with Crippen molar-refractivity contribution in [3.05, 3.63) is 106 Å². The number of aromatic nitrogens is 3. The Hall–Kier alpha value is -4.75. The predicted octanol–water partition coefficient (Wildman–Crippen LogP) is 5.49. The van der Waals surface area contributed by atoms with Crippen molar-refractivity contribution in [3.8, 4) is 11.1 Å². The molecule has 2 aromatic heterocycles. The molecule has 0 aliphatic heterocycles. The topological polar surface area (TPSA) is 88.9 Å². The fourth-order valence-corrected chi connectivity index (χ4v) is 5.31. The van der Waals surface area contributed by atoms with Crippen molar-refractivity contribution in [1.29, 1.82) is 0 Å². The van der Waals surface area contributed by atoms with Gasteiger partial charge in [0.1, 0.15) is 29.7 Å². The molecule has 0 radical (unpaired) electrons. The van der Waals surface area contributed by atoms with Crippen LogP contribution in [0.15, 0.2) is 54.7 Å². The minimum atomic E-state index is -3.27. The molecule has 5 rings (SSSR count). The smallest absolute Gasteiger partial charge is 0.282 e. The summed E-state index contributed by atoms with van der Waals surface area (Å²) < 4.78 is 98.7. The number of carbonyl (C=O) groups is 2. The number of hydrogen-bond acceptors (Lipinski definition) is 4. The van der Waals surface area contributed by atoms with Crippen molar-refractivity contribution in [3.63, 3.8) is 0 Å². The van der Waals surface area contributed by atoms with Gasteiger partial charge in [-0.3, -0.25) is 19.3 Å². The summed E-state index contributed by atoms with van der Waals surface area (Å²) in [5.74, 6) is -7.37. The van der Waals surface area contributed by atoms with E-state index < -0.39 is 72.7 Å². The Morgan fingerprint density at radius 2 is 1.73 bits per heavy atom. The molecule has 230 valence electrons. The minimum Gasteiger partial charge on any atom is -0.355 e. The molecule has 1 aliphatic rings. The fraction of sp³-hybridized carbons (Fsp3) is 0.267. The van der Waals surface area contributed by atoms with Crippen LogP contribution in [0, 0.1) is 17.5 Å². The standard InChI is InChI=1S/C30H24F7N5O2/c1-38-29(44)20-10-16(4-5-22(20)33)19-3-2-6-39-26(19)23(9-15-7-17(31)11-18(32)8-15)40-25(43)14-42-24-13-30(36,37)12-21(24)27(41-42)28(34)35/h2-8,10-11,23,28H,9,12-14H2,1H3,(H,38,44)(H,40,43)/t23-/m0/s1. The molecule has 2 N–H and O–H groups in total. The van der Waals surface area contributed by atoms with E-state index in [1.807, 2.05) is 0 Å². The third-order valence-electron chi connectivity index (χ3n) is 7.17. The maximum Gasteiger partial charge on any atom is 0.282 e. The average molecular weight is 620 g/mol. The van der Waals surface area contributed by atoms with Gasteiger partial charge in [0.05, 0.1) is 23.7 Å². The lowest BCUT2D eigenvalue weighted by atomic mass is 9.94. The molecule has 7 nitrogen and oxygen atoms in total. The van der Waals surface area contributed by atoms with Crippen LogP contribution in [-0.4, -0.2) is 39.5 Å². The Morgan fingerprint density at radius 3 is 2.41 bits per heavy atom. The normalized spacial score (nSPS) is 14.4. The summed E-state index contributed by atoms with van der Waals surface area (Å²) in [6.07, 6.45) is -3.77. The molecule has 0 unspecified atom stereocenters. The summed E-state index contributed by atoms with van der Waals surface area (Å²) >= 11 is 0. The number of nitrogens with zero attached hydrogens (tertiary/aromatic N) is 3. The lowest BCUT2D eigenvalue weighted by molar-refractivity contribution is -0.122. The van der Waals surface area contributed by atoms with Crippen LogP contribution in [0.2, 0.25) is 0 Å². The van der Waals surface area contributed by atoms with Gasteiger partial charge in [-0.05, 0) is 47.9 Å². The summed E-state index contributed by atoms with van der Waals surface area (Å²) in [7, 11) is 1.33. The highest BCUT2D eigenvalue weighted by Crippen LogP contribution is 2.39. The molecule has 1 aliphatic carbocycles. The molecule has 0 saturated heterocycles. The van der Waals surface area contributed by atoms with E-state index in [0.29, 0.717) is 17.2 Å². The molecular weight excluding hydrogens is 595 g/mol. The minimum absolute atomic E-state index is 0.120. The number of pyridine rings is 1. The average Bonchev–Trinajstić information content (AvgIpc) is 3.45. The first-order valence-electron chi connectivity index (χ1n) is 13.3. The summed E-state index contributed by atoms with van der Waals surface area (Å²) in [4.78, 5) is 29.9. The molecule has 4 aromatic rings. The molecule has 0 fully saturated rings. The second-order valence-corrected chi connectivity index (χ2v) is 10.3. The second-order valence-electron chi connectivity index (χ2n) is 10.3. The highest BCUT2D eigenvalue weighted by Gasteiger charge is 2.43. The maximum absolute atomic E-state index is 14.4. The number of nitrogens with one attached hydrogen (secondary N) is 2. The molecule has 2 aromatic carbocycles. The summed E-state index contributed by atoms with van der Waals surface area (Å²) in [5, 5.41) is 8.71. The summed E-state index contributed by atoms with van der Waals surface area (Å²) in [6, 6.07) is 8.48. The molecule has 0 spiro atoms. The zero-order chi connectivity index (χ0) is 31.8. The summed E-state index contributed by atoms with van der Waals surface area (Å²) in [6.45, 7) is -0.710. The first kappa shape index (κ1) is 30.7. The number of benzene rings is 2. The highest BCUT2D eigenvalue weighted by molar-refractivity contribution is 5.95. The van der Waals surface area contributed by atoms with Gasteiger partial charge in [-0.1, -0.05) is 12.1 Å². The largest absolute Gasteiger partial charge is 0.355 e. The van der Waals surface area contributed by atoms with Crippen LogP contribution in [-0.2, 0) is 30.6 Å². The predicted molar refractivity (Wildman–Crippen MR) is 144 cm³/mol. The van der Waals surface area contributed by atoms with E-state index >= 15 is 0 Å². The van der Waals surface area contributed by atoms with Gasteiger partial charge in [0.15, 0.2) is 0 Å². The third-order valence-corrected chi connectivity index (χ3v) is 7.17. The van der Waals surface area contributed by atoms with Crippen molar-refractivity contribution in [2.45, 2.75) is 44.2 Å². The Kier molecular flexibility index (Phi) is 8.44. The number of halogens is 7. The number of alkyl halides is 4. The van der Waals surface area contributed by atoms with E-state index in [4.69, 9.17) is 0 Å². The van der Waals surface area contributed by atoms with Crippen LogP contribution < -0.4 is 10.6 Å². The molecule has 14 heteroatoms. The number of fused-ring (bicyclic) bond motifs is 1. The third kappa shape index (κ3) is 6.43. The maximum atomic E-state index is 14.4. The van der Waals surface area contributed by atoms with E-state index in [2.05, 4.69) is 20.7 Å². The zero-order valence-electron chi connectivity index (χ0n) is 23.0. The van der Waals surface area contributed by atoms with Crippen molar-refractivity contribution in [1.82, 2.24) is 25.4 Å². The van der Waals surface area contributed by atoms with Crippen LogP contribution in [0.25, 0.3) is 11.1 Å². The zero-order valence-corrected chi connectivity index (χ0v) is 23.0. The molecule has 0 saturated carbocycles. The molecule has 0 bridgehead atoms. The summed E-state index contributed by atoms with van der Waals surface area (Å²) in [5.41, 5.74) is -0.653. The van der Waals surface area contributed by atoms with E-state index in [9.17, 15) is 40.3 Å².